The maximum absolute atomic E-state index is 11.9. The fourth-order valence-corrected chi connectivity index (χ4v) is 2.60. The summed E-state index contributed by atoms with van der Waals surface area (Å²) in [4.78, 5) is 13.1. The zero-order chi connectivity index (χ0) is 14.4. The number of hydrogen-bond acceptors (Lipinski definition) is 4. The van der Waals surface area contributed by atoms with Crippen molar-refractivity contribution in [2.75, 3.05) is 12.4 Å². The third kappa shape index (κ3) is 3.82. The Labute approximate surface area is 122 Å². The molecule has 106 valence electrons. The van der Waals surface area contributed by atoms with E-state index >= 15 is 0 Å². The minimum Gasteiger partial charge on any atom is -0.496 e. The predicted molar refractivity (Wildman–Crippen MR) is 80.2 cm³/mol. The van der Waals surface area contributed by atoms with Gasteiger partial charge in [0.15, 0.2) is 0 Å². The number of thiophene rings is 1. The van der Waals surface area contributed by atoms with Gasteiger partial charge in [-0.2, -0.15) is 0 Å². The number of anilines is 1. The largest absolute Gasteiger partial charge is 0.496 e. The first-order valence-electron chi connectivity index (χ1n) is 6.33. The molecule has 1 heterocycles. The highest BCUT2D eigenvalue weighted by atomic mass is 32.1. The molecule has 0 unspecified atom stereocenters. The number of methoxy groups -OCH3 is 1. The highest BCUT2D eigenvalue weighted by Gasteiger charge is 2.07. The summed E-state index contributed by atoms with van der Waals surface area (Å²) in [5.41, 5.74) is 1.33. The van der Waals surface area contributed by atoms with Crippen LogP contribution in [0.3, 0.4) is 0 Å². The molecule has 5 heteroatoms. The third-order valence-electron chi connectivity index (χ3n) is 2.91. The summed E-state index contributed by atoms with van der Waals surface area (Å²) in [5, 5.41) is 14.1. The molecule has 0 radical (unpaired) electrons. The number of aryl methyl sites for hydroxylation is 1. The lowest BCUT2D eigenvalue weighted by Crippen LogP contribution is -2.12. The van der Waals surface area contributed by atoms with Crippen LogP contribution >= 0.6 is 11.3 Å². The van der Waals surface area contributed by atoms with Crippen molar-refractivity contribution in [3.8, 4) is 5.75 Å². The van der Waals surface area contributed by atoms with E-state index in [1.807, 2.05) is 17.5 Å². The molecular weight excluding hydrogens is 274 g/mol. The Morgan fingerprint density at radius 2 is 2.25 bits per heavy atom. The fraction of sp³-hybridized carbons (Fsp3) is 0.267. The van der Waals surface area contributed by atoms with Gasteiger partial charge in [0.25, 0.3) is 0 Å². The molecule has 0 fully saturated rings. The summed E-state index contributed by atoms with van der Waals surface area (Å²) >= 11 is 1.65. The molecule has 0 aliphatic rings. The van der Waals surface area contributed by atoms with Gasteiger partial charge in [-0.1, -0.05) is 6.07 Å². The van der Waals surface area contributed by atoms with Crippen LogP contribution in [0.2, 0.25) is 0 Å². The van der Waals surface area contributed by atoms with Crippen LogP contribution in [0.25, 0.3) is 0 Å². The number of carbonyl (C=O) groups is 1. The maximum Gasteiger partial charge on any atom is 0.224 e. The van der Waals surface area contributed by atoms with Crippen LogP contribution in [0.4, 0.5) is 5.69 Å². The van der Waals surface area contributed by atoms with E-state index in [4.69, 9.17) is 4.74 Å². The van der Waals surface area contributed by atoms with Crippen molar-refractivity contribution in [3.63, 3.8) is 0 Å². The normalized spacial score (nSPS) is 10.3. The molecule has 2 N–H and O–H groups in total. The molecule has 0 aliphatic heterocycles. The summed E-state index contributed by atoms with van der Waals surface area (Å²) < 4.78 is 5.12. The van der Waals surface area contributed by atoms with Crippen molar-refractivity contribution in [1.29, 1.82) is 0 Å². The number of carbonyl (C=O) groups excluding carboxylic acids is 1. The number of amides is 1. The molecule has 1 amide bonds. The summed E-state index contributed by atoms with van der Waals surface area (Å²) in [7, 11) is 1.55. The Balaban J connectivity index is 1.93. The molecule has 0 spiro atoms. The monoisotopic (exact) mass is 291 g/mol. The van der Waals surface area contributed by atoms with Crippen molar-refractivity contribution < 1.29 is 14.6 Å². The highest BCUT2D eigenvalue weighted by molar-refractivity contribution is 7.09. The molecule has 0 saturated carbocycles. The highest BCUT2D eigenvalue weighted by Crippen LogP contribution is 2.22. The van der Waals surface area contributed by atoms with Crippen molar-refractivity contribution in [2.24, 2.45) is 0 Å². The van der Waals surface area contributed by atoms with Gasteiger partial charge < -0.3 is 15.2 Å². The lowest BCUT2D eigenvalue weighted by Gasteiger charge is -2.10. The quantitative estimate of drug-likeness (QED) is 0.860. The van der Waals surface area contributed by atoms with Gasteiger partial charge in [0.2, 0.25) is 5.91 Å². The SMILES string of the molecule is COc1ccc(NC(=O)CCc2cccs2)cc1CO. The molecule has 0 atom stereocenters. The first-order chi connectivity index (χ1) is 9.72. The van der Waals surface area contributed by atoms with Crippen molar-refractivity contribution in [2.45, 2.75) is 19.4 Å². The van der Waals surface area contributed by atoms with E-state index in [1.54, 1.807) is 36.6 Å². The second kappa shape index (κ2) is 7.07. The number of nitrogens with one attached hydrogen (secondary N) is 1. The van der Waals surface area contributed by atoms with Crippen LogP contribution in [0.15, 0.2) is 35.7 Å². The van der Waals surface area contributed by atoms with Crippen LogP contribution in [-0.2, 0) is 17.8 Å². The van der Waals surface area contributed by atoms with Gasteiger partial charge in [0.1, 0.15) is 5.75 Å². The second-order valence-corrected chi connectivity index (χ2v) is 5.34. The van der Waals surface area contributed by atoms with Gasteiger partial charge in [0.05, 0.1) is 13.7 Å². The van der Waals surface area contributed by atoms with E-state index in [2.05, 4.69) is 5.32 Å². The number of ether oxygens (including phenoxy) is 1. The molecule has 1 aromatic carbocycles. The molecule has 20 heavy (non-hydrogen) atoms. The van der Waals surface area contributed by atoms with Gasteiger partial charge in [-0.25, -0.2) is 0 Å². The Bertz CT molecular complexity index is 567. The molecular formula is C15H17NO3S. The molecule has 2 aromatic rings. The Morgan fingerprint density at radius 1 is 1.40 bits per heavy atom. The Morgan fingerprint density at radius 3 is 2.90 bits per heavy atom. The first kappa shape index (κ1) is 14.6. The van der Waals surface area contributed by atoms with Gasteiger partial charge in [0, 0.05) is 22.5 Å². The molecule has 4 nitrogen and oxygen atoms in total. The average Bonchev–Trinajstić information content (AvgIpc) is 2.98. The number of rotatable bonds is 6. The molecule has 0 bridgehead atoms. The van der Waals surface area contributed by atoms with Crippen molar-refractivity contribution >= 4 is 22.9 Å². The van der Waals surface area contributed by atoms with E-state index in [0.717, 1.165) is 6.42 Å². The van der Waals surface area contributed by atoms with E-state index in [1.165, 1.54) is 4.88 Å². The summed E-state index contributed by atoms with van der Waals surface area (Å²) in [6.45, 7) is -0.123. The number of aliphatic hydroxyl groups is 1. The topological polar surface area (TPSA) is 58.6 Å². The maximum atomic E-state index is 11.9. The summed E-state index contributed by atoms with van der Waals surface area (Å²) in [5.74, 6) is 0.580. The zero-order valence-electron chi connectivity index (χ0n) is 11.3. The molecule has 1 aromatic heterocycles. The Hall–Kier alpha value is -1.85. The van der Waals surface area contributed by atoms with Gasteiger partial charge in [-0.05, 0) is 36.1 Å². The minimum atomic E-state index is -0.123. The minimum absolute atomic E-state index is 0.0348. The van der Waals surface area contributed by atoms with Crippen molar-refractivity contribution in [1.82, 2.24) is 0 Å². The van der Waals surface area contributed by atoms with Crippen LogP contribution in [0.1, 0.15) is 16.9 Å². The van der Waals surface area contributed by atoms with Crippen LogP contribution < -0.4 is 10.1 Å². The number of benzene rings is 1. The van der Waals surface area contributed by atoms with Crippen LogP contribution in [0, 0.1) is 0 Å². The summed E-state index contributed by atoms with van der Waals surface area (Å²) in [6.07, 6.45) is 1.19. The van der Waals surface area contributed by atoms with Gasteiger partial charge >= 0.3 is 0 Å². The fourth-order valence-electron chi connectivity index (χ4n) is 1.89. The lowest BCUT2D eigenvalue weighted by atomic mass is 10.1. The zero-order valence-corrected chi connectivity index (χ0v) is 12.1. The third-order valence-corrected chi connectivity index (χ3v) is 3.85. The van der Waals surface area contributed by atoms with Crippen LogP contribution in [-0.4, -0.2) is 18.1 Å². The molecule has 0 saturated heterocycles. The first-order valence-corrected chi connectivity index (χ1v) is 7.21. The van der Waals surface area contributed by atoms with Gasteiger partial charge in [-0.3, -0.25) is 4.79 Å². The Kier molecular flexibility index (Phi) is 5.15. The standard InChI is InChI=1S/C15H17NO3S/c1-19-14-6-4-12(9-11(14)10-17)16-15(18)7-5-13-3-2-8-20-13/h2-4,6,8-9,17H,5,7,10H2,1H3,(H,16,18). The second-order valence-electron chi connectivity index (χ2n) is 4.31. The van der Waals surface area contributed by atoms with Gasteiger partial charge in [-0.15, -0.1) is 11.3 Å². The number of aliphatic hydroxyl groups excluding tert-OH is 1. The summed E-state index contributed by atoms with van der Waals surface area (Å²) in [6, 6.07) is 9.23. The van der Waals surface area contributed by atoms with E-state index in [0.29, 0.717) is 23.4 Å². The van der Waals surface area contributed by atoms with Crippen molar-refractivity contribution in [3.05, 3.63) is 46.2 Å². The van der Waals surface area contributed by atoms with E-state index in [9.17, 15) is 9.90 Å². The average molecular weight is 291 g/mol. The van der Waals surface area contributed by atoms with E-state index < -0.39 is 0 Å². The smallest absolute Gasteiger partial charge is 0.224 e. The number of hydrogen-bond donors (Lipinski definition) is 2. The molecule has 2 rings (SSSR count). The predicted octanol–water partition coefficient (Wildman–Crippen LogP) is 2.82. The van der Waals surface area contributed by atoms with E-state index in [-0.39, 0.29) is 12.5 Å². The molecule has 0 aliphatic carbocycles. The van der Waals surface area contributed by atoms with Crippen LogP contribution in [0.5, 0.6) is 5.75 Å². The lowest BCUT2D eigenvalue weighted by molar-refractivity contribution is -0.116.